The molecule has 0 amide bonds. The molecule has 1 aliphatic heterocycles. The summed E-state index contributed by atoms with van der Waals surface area (Å²) in [5.74, 6) is -0.406. The standard InChI is InChI=1S/C25H26Cl2N4O3/c1-4-34-23(32)25(21-12-14-29-24(30-21)33-3)22(18-7-5-6-8-20(18)31(25)2)28-13-11-16-9-10-17(26)15-19(16)27/h5-10,12,14-15,22,28H,4,11,13H2,1-3H3. The van der Waals surface area contributed by atoms with Crippen molar-refractivity contribution in [1.82, 2.24) is 15.3 Å². The normalized spacial score (nSPS) is 19.1. The summed E-state index contributed by atoms with van der Waals surface area (Å²) >= 11 is 12.4. The lowest BCUT2D eigenvalue weighted by atomic mass is 9.84. The van der Waals surface area contributed by atoms with Crippen LogP contribution in [0.5, 0.6) is 6.01 Å². The topological polar surface area (TPSA) is 76.6 Å². The van der Waals surface area contributed by atoms with Crippen molar-refractivity contribution >= 4 is 34.9 Å². The second-order valence-electron chi connectivity index (χ2n) is 7.91. The van der Waals surface area contributed by atoms with Crippen molar-refractivity contribution in [3.63, 3.8) is 0 Å². The molecule has 2 aromatic carbocycles. The summed E-state index contributed by atoms with van der Waals surface area (Å²) in [5, 5.41) is 4.79. The minimum Gasteiger partial charge on any atom is -0.467 e. The van der Waals surface area contributed by atoms with Crippen LogP contribution in [-0.2, 0) is 21.5 Å². The Morgan fingerprint density at radius 1 is 1.21 bits per heavy atom. The highest BCUT2D eigenvalue weighted by molar-refractivity contribution is 6.35. The number of carbonyl (C=O) groups excluding carboxylic acids is 1. The van der Waals surface area contributed by atoms with Gasteiger partial charge in [0.2, 0.25) is 5.54 Å². The van der Waals surface area contributed by atoms with E-state index in [9.17, 15) is 4.79 Å². The molecule has 34 heavy (non-hydrogen) atoms. The molecular formula is C25H26Cl2N4O3. The summed E-state index contributed by atoms with van der Waals surface area (Å²) < 4.78 is 10.9. The third-order valence-electron chi connectivity index (χ3n) is 6.11. The van der Waals surface area contributed by atoms with E-state index >= 15 is 0 Å². The van der Waals surface area contributed by atoms with Crippen LogP contribution in [0.25, 0.3) is 0 Å². The number of methoxy groups -OCH3 is 1. The SMILES string of the molecule is CCOC(=O)C1(c2ccnc(OC)n2)C(NCCc2ccc(Cl)cc2Cl)c2ccccc2N1C. The van der Waals surface area contributed by atoms with E-state index in [-0.39, 0.29) is 12.6 Å². The molecule has 2 heterocycles. The lowest BCUT2D eigenvalue weighted by Gasteiger charge is -2.39. The average Bonchev–Trinajstić information content (AvgIpc) is 3.09. The van der Waals surface area contributed by atoms with E-state index < -0.39 is 17.6 Å². The van der Waals surface area contributed by atoms with Gasteiger partial charge in [0.1, 0.15) is 0 Å². The van der Waals surface area contributed by atoms with Gasteiger partial charge in [0.25, 0.3) is 0 Å². The van der Waals surface area contributed by atoms with Crippen LogP contribution >= 0.6 is 23.2 Å². The number of halogens is 2. The fourth-order valence-corrected chi connectivity index (χ4v) is 5.05. The molecule has 3 aromatic rings. The number of nitrogens with one attached hydrogen (secondary N) is 1. The molecule has 0 saturated heterocycles. The molecule has 0 aliphatic carbocycles. The van der Waals surface area contributed by atoms with Crippen molar-refractivity contribution in [2.24, 2.45) is 0 Å². The number of carbonyl (C=O) groups is 1. The highest BCUT2D eigenvalue weighted by Gasteiger charge is 2.59. The Morgan fingerprint density at radius 3 is 2.74 bits per heavy atom. The molecule has 4 rings (SSSR count). The molecule has 1 N–H and O–H groups in total. The van der Waals surface area contributed by atoms with Crippen LogP contribution in [0.1, 0.15) is 29.8 Å². The van der Waals surface area contributed by atoms with Gasteiger partial charge in [-0.05, 0) is 55.3 Å². The summed E-state index contributed by atoms with van der Waals surface area (Å²) in [6, 6.07) is 14.8. The highest BCUT2D eigenvalue weighted by atomic mass is 35.5. The third-order valence-corrected chi connectivity index (χ3v) is 6.69. The smallest absolute Gasteiger partial charge is 0.340 e. The highest BCUT2D eigenvalue weighted by Crippen LogP contribution is 2.51. The number of ether oxygens (including phenoxy) is 2. The Morgan fingerprint density at radius 2 is 2.00 bits per heavy atom. The summed E-state index contributed by atoms with van der Waals surface area (Å²) in [7, 11) is 3.37. The van der Waals surface area contributed by atoms with Gasteiger partial charge in [-0.2, -0.15) is 4.98 Å². The summed E-state index contributed by atoms with van der Waals surface area (Å²) in [6.07, 6.45) is 2.23. The van der Waals surface area contributed by atoms with E-state index in [1.165, 1.54) is 7.11 Å². The Bertz CT molecular complexity index is 1190. The van der Waals surface area contributed by atoms with Gasteiger partial charge >= 0.3 is 12.0 Å². The molecule has 1 aromatic heterocycles. The van der Waals surface area contributed by atoms with Crippen LogP contribution in [0.3, 0.4) is 0 Å². The van der Waals surface area contributed by atoms with E-state index in [4.69, 9.17) is 32.7 Å². The zero-order chi connectivity index (χ0) is 24.3. The van der Waals surface area contributed by atoms with Crippen LogP contribution in [0.2, 0.25) is 10.0 Å². The van der Waals surface area contributed by atoms with E-state index in [0.29, 0.717) is 28.7 Å². The van der Waals surface area contributed by atoms with Crippen molar-refractivity contribution in [1.29, 1.82) is 0 Å². The number of fused-ring (bicyclic) bond motifs is 1. The summed E-state index contributed by atoms with van der Waals surface area (Å²) in [5.41, 5.74) is 2.06. The van der Waals surface area contributed by atoms with Gasteiger partial charge < -0.3 is 19.7 Å². The lowest BCUT2D eigenvalue weighted by molar-refractivity contribution is -0.151. The molecule has 1 aliphatic rings. The van der Waals surface area contributed by atoms with Gasteiger partial charge in [-0.3, -0.25) is 0 Å². The first kappa shape index (κ1) is 24.3. The first-order valence-corrected chi connectivity index (χ1v) is 11.7. The van der Waals surface area contributed by atoms with Crippen LogP contribution in [0.4, 0.5) is 5.69 Å². The molecule has 9 heteroatoms. The molecule has 2 unspecified atom stereocenters. The molecular weight excluding hydrogens is 475 g/mol. The Kier molecular flexibility index (Phi) is 7.26. The molecule has 0 spiro atoms. The van der Waals surface area contributed by atoms with Gasteiger partial charge in [0.15, 0.2) is 0 Å². The van der Waals surface area contributed by atoms with Gasteiger partial charge in [-0.25, -0.2) is 9.78 Å². The maximum atomic E-state index is 13.7. The largest absolute Gasteiger partial charge is 0.467 e. The molecule has 2 atom stereocenters. The zero-order valence-corrected chi connectivity index (χ0v) is 20.7. The number of benzene rings is 2. The maximum absolute atomic E-state index is 13.7. The van der Waals surface area contributed by atoms with Gasteiger partial charge in [0.05, 0.1) is 25.5 Å². The van der Waals surface area contributed by atoms with Crippen LogP contribution in [0.15, 0.2) is 54.7 Å². The van der Waals surface area contributed by atoms with Gasteiger partial charge in [0, 0.05) is 29.0 Å². The van der Waals surface area contributed by atoms with Crippen molar-refractivity contribution < 1.29 is 14.3 Å². The van der Waals surface area contributed by atoms with Crippen molar-refractivity contribution in [3.8, 4) is 6.01 Å². The predicted octanol–water partition coefficient (Wildman–Crippen LogP) is 4.57. The monoisotopic (exact) mass is 500 g/mol. The fraction of sp³-hybridized carbons (Fsp3) is 0.320. The third kappa shape index (κ3) is 4.19. The first-order valence-electron chi connectivity index (χ1n) is 11.0. The van der Waals surface area contributed by atoms with E-state index in [2.05, 4.69) is 15.3 Å². The van der Waals surface area contributed by atoms with Gasteiger partial charge in [-0.15, -0.1) is 0 Å². The average molecular weight is 501 g/mol. The van der Waals surface area contributed by atoms with Crippen molar-refractivity contribution in [2.75, 3.05) is 32.2 Å². The minimum absolute atomic E-state index is 0.178. The molecule has 178 valence electrons. The second kappa shape index (κ2) is 10.2. The molecule has 0 saturated carbocycles. The number of para-hydroxylation sites is 1. The quantitative estimate of drug-likeness (QED) is 0.453. The number of aromatic nitrogens is 2. The Hall–Kier alpha value is -2.87. The number of rotatable bonds is 8. The molecule has 7 nitrogen and oxygen atoms in total. The van der Waals surface area contributed by atoms with Crippen LogP contribution < -0.4 is 15.0 Å². The number of hydrogen-bond acceptors (Lipinski definition) is 7. The van der Waals surface area contributed by atoms with Crippen molar-refractivity contribution in [2.45, 2.75) is 24.9 Å². The van der Waals surface area contributed by atoms with E-state index in [1.54, 1.807) is 25.3 Å². The number of likely N-dealkylation sites (N-methyl/N-ethyl adjacent to an activating group) is 1. The van der Waals surface area contributed by atoms with E-state index in [0.717, 1.165) is 16.8 Å². The summed E-state index contributed by atoms with van der Waals surface area (Å²) in [6.45, 7) is 2.58. The predicted molar refractivity (Wildman–Crippen MR) is 133 cm³/mol. The Labute approximate surface area is 209 Å². The number of esters is 1. The van der Waals surface area contributed by atoms with Gasteiger partial charge in [-0.1, -0.05) is 47.5 Å². The van der Waals surface area contributed by atoms with E-state index in [1.807, 2.05) is 48.3 Å². The Balaban J connectivity index is 1.77. The van der Waals surface area contributed by atoms with Crippen LogP contribution in [0, 0.1) is 0 Å². The number of nitrogens with zero attached hydrogens (tertiary/aromatic N) is 3. The lowest BCUT2D eigenvalue weighted by Crippen LogP contribution is -2.55. The van der Waals surface area contributed by atoms with Crippen molar-refractivity contribution in [3.05, 3.63) is 81.6 Å². The fourth-order valence-electron chi connectivity index (χ4n) is 4.55. The van der Waals surface area contributed by atoms with Crippen LogP contribution in [-0.4, -0.2) is 43.2 Å². The molecule has 0 radical (unpaired) electrons. The minimum atomic E-state index is -1.26. The zero-order valence-electron chi connectivity index (χ0n) is 19.2. The number of anilines is 1. The number of hydrogen-bond donors (Lipinski definition) is 1. The first-order chi connectivity index (χ1) is 16.4. The second-order valence-corrected chi connectivity index (χ2v) is 8.75. The molecule has 0 fully saturated rings. The maximum Gasteiger partial charge on any atom is 0.340 e. The molecule has 0 bridgehead atoms. The summed E-state index contributed by atoms with van der Waals surface area (Å²) in [4.78, 5) is 24.4.